The molecule has 2 heterocycles. The largest absolute Gasteiger partial charge is 0.365 e. The van der Waals surface area contributed by atoms with Crippen molar-refractivity contribution in [2.45, 2.75) is 121 Å². The smallest absolute Gasteiger partial charge is 0.294 e. The summed E-state index contributed by atoms with van der Waals surface area (Å²) in [5.74, 6) is 1.99. The molecule has 4 aromatic carbocycles. The quantitative estimate of drug-likeness (QED) is 0.0352. The van der Waals surface area contributed by atoms with Gasteiger partial charge in [-0.25, -0.2) is 0 Å². The molecule has 0 saturated carbocycles. The van der Waals surface area contributed by atoms with Gasteiger partial charge in [0, 0.05) is 47.5 Å². The summed E-state index contributed by atoms with van der Waals surface area (Å²) < 4.78 is 109. The van der Waals surface area contributed by atoms with Gasteiger partial charge >= 0.3 is 0 Å². The van der Waals surface area contributed by atoms with E-state index in [9.17, 15) is 38.9 Å². The molecule has 69 heavy (non-hydrogen) atoms. The zero-order valence-corrected chi connectivity index (χ0v) is 42.9. The molecule has 0 fully saturated rings. The van der Waals surface area contributed by atoms with Gasteiger partial charge in [0.05, 0.1) is 27.9 Å². The Morgan fingerprint density at radius 1 is 0.783 bits per heavy atom. The first kappa shape index (κ1) is 51.9. The van der Waals surface area contributed by atoms with Gasteiger partial charge < -0.3 is 9.64 Å². The van der Waals surface area contributed by atoms with Crippen LogP contribution in [-0.4, -0.2) is 86.5 Å². The Morgan fingerprint density at radius 2 is 1.45 bits per heavy atom. The summed E-state index contributed by atoms with van der Waals surface area (Å²) in [6, 6.07) is 19.2. The van der Waals surface area contributed by atoms with E-state index < -0.39 is 41.2 Å². The first-order valence-corrected chi connectivity index (χ1v) is 28.4. The molecule has 3 aliphatic rings. The molecule has 368 valence electrons. The maximum absolute atomic E-state index is 12.1. The average Bonchev–Trinajstić information content (AvgIpc) is 3.62. The average molecular weight is 998 g/mol. The highest BCUT2D eigenvalue weighted by Crippen LogP contribution is 2.52. The fraction of sp³-hybridized carbons (Fsp3) is 0.426. The second-order valence-corrected chi connectivity index (χ2v) is 24.2. The standard InChI is InChI=1S/C54H64N2O10S3/c1-8-10-15-44-39(19-26-49-53(4,5)51-45-22-16-37(3)33-38(45)17-24-47(51)55(49)28-11-13-31-67(57,58)59)34-42(66-30-9-2)35-40(44)20-27-50-54(6,7)52-46-23-21-43(69(63,64)65)36-41(46)18-25-48(52)56(50)29-12-14-32-68(60,61)62/h2,16-27,33,36,42H,8,10-15,28-32,34-35H2,1,3-7H3,(H2-,57,58,59,60,61,62,63,64,65)/p+1. The Kier molecular flexibility index (Phi) is 15.4. The molecule has 1 unspecified atom stereocenters. The lowest BCUT2D eigenvalue weighted by Gasteiger charge is -2.30. The number of fused-ring (bicyclic) bond motifs is 6. The maximum atomic E-state index is 12.1. The Morgan fingerprint density at radius 3 is 2.13 bits per heavy atom. The van der Waals surface area contributed by atoms with Crippen molar-refractivity contribution in [1.29, 1.82) is 0 Å². The van der Waals surface area contributed by atoms with Crippen LogP contribution in [0.15, 0.2) is 112 Å². The number of rotatable bonds is 19. The van der Waals surface area contributed by atoms with Crippen LogP contribution >= 0.6 is 0 Å². The molecule has 0 saturated heterocycles. The number of benzene rings is 4. The van der Waals surface area contributed by atoms with E-state index in [0.29, 0.717) is 50.6 Å². The van der Waals surface area contributed by atoms with Crippen LogP contribution < -0.4 is 4.90 Å². The number of ether oxygens (including phenoxy) is 1. The molecule has 2 aliphatic heterocycles. The lowest BCUT2D eigenvalue weighted by Crippen LogP contribution is -2.28. The zero-order chi connectivity index (χ0) is 50.1. The molecule has 0 amide bonds. The summed E-state index contributed by atoms with van der Waals surface area (Å²) in [7, 11) is -12.7. The monoisotopic (exact) mass is 997 g/mol. The summed E-state index contributed by atoms with van der Waals surface area (Å²) in [6.45, 7) is 14.1. The minimum Gasteiger partial charge on any atom is -0.365 e. The van der Waals surface area contributed by atoms with Gasteiger partial charge in [0.15, 0.2) is 5.71 Å². The van der Waals surface area contributed by atoms with Crippen molar-refractivity contribution < 1.29 is 48.2 Å². The highest BCUT2D eigenvalue weighted by Gasteiger charge is 2.46. The van der Waals surface area contributed by atoms with Crippen LogP contribution in [0.5, 0.6) is 0 Å². The number of aryl methyl sites for hydroxylation is 1. The molecule has 4 aromatic rings. The summed E-state index contributed by atoms with van der Waals surface area (Å²) in [5.41, 5.74) is 9.74. The van der Waals surface area contributed by atoms with Crippen LogP contribution in [0.4, 0.5) is 11.4 Å². The number of nitrogens with zero attached hydrogens (tertiary/aromatic N) is 2. The Labute approximate surface area is 408 Å². The summed E-state index contributed by atoms with van der Waals surface area (Å²) in [5, 5.41) is 3.79. The third-order valence-electron chi connectivity index (χ3n) is 13.9. The summed E-state index contributed by atoms with van der Waals surface area (Å²) >= 11 is 0. The zero-order valence-electron chi connectivity index (χ0n) is 40.5. The number of allylic oxidation sites excluding steroid dienone is 6. The summed E-state index contributed by atoms with van der Waals surface area (Å²) in [4.78, 5) is 1.99. The van der Waals surface area contributed by atoms with E-state index in [0.717, 1.165) is 74.9 Å². The predicted molar refractivity (Wildman–Crippen MR) is 277 cm³/mol. The molecular formula is C54H65N2O10S3+. The first-order chi connectivity index (χ1) is 32.4. The molecule has 1 aliphatic carbocycles. The van der Waals surface area contributed by atoms with E-state index in [1.807, 2.05) is 12.1 Å². The SMILES string of the molecule is C#CCOC1CC(/C=C/C2=[N+](CCCCS(=O)(=O)O)c3ccc4cc(C)ccc4c3C2(C)C)=C(CCCC)C(=C/C=C2/N(CCCCS(=O)(=O)O)c3ccc4cc(S(=O)(=O)O)ccc4c3C2(C)C)/C1. The lowest BCUT2D eigenvalue weighted by molar-refractivity contribution is -0.438. The van der Waals surface area contributed by atoms with Crippen molar-refractivity contribution in [2.24, 2.45) is 0 Å². The van der Waals surface area contributed by atoms with Crippen molar-refractivity contribution in [1.82, 2.24) is 0 Å². The third-order valence-corrected chi connectivity index (χ3v) is 16.4. The molecule has 0 aromatic heterocycles. The van der Waals surface area contributed by atoms with Gasteiger partial charge in [0.25, 0.3) is 30.4 Å². The fourth-order valence-corrected chi connectivity index (χ4v) is 12.4. The number of hydrogen-bond donors (Lipinski definition) is 3. The van der Waals surface area contributed by atoms with E-state index in [2.05, 4.69) is 112 Å². The van der Waals surface area contributed by atoms with E-state index >= 15 is 0 Å². The van der Waals surface area contributed by atoms with Crippen LogP contribution in [0.1, 0.15) is 109 Å². The van der Waals surface area contributed by atoms with E-state index in [1.165, 1.54) is 28.8 Å². The molecule has 7 rings (SSSR count). The van der Waals surface area contributed by atoms with Crippen molar-refractivity contribution >= 4 is 69.0 Å². The van der Waals surface area contributed by atoms with Crippen LogP contribution in [0.25, 0.3) is 21.5 Å². The highest BCUT2D eigenvalue weighted by molar-refractivity contribution is 7.86. The minimum atomic E-state index is -4.44. The molecule has 0 bridgehead atoms. The van der Waals surface area contributed by atoms with Gasteiger partial charge in [-0.15, -0.1) is 6.42 Å². The Hall–Kier alpha value is -4.92. The van der Waals surface area contributed by atoms with Gasteiger partial charge in [-0.05, 0) is 140 Å². The normalized spacial score (nSPS) is 19.4. The highest BCUT2D eigenvalue weighted by atomic mass is 32.2. The Balaban J connectivity index is 1.36. The second kappa shape index (κ2) is 20.4. The fourth-order valence-electron chi connectivity index (χ4n) is 10.7. The lowest BCUT2D eigenvalue weighted by atomic mass is 9.78. The predicted octanol–water partition coefficient (Wildman–Crippen LogP) is 10.7. The van der Waals surface area contributed by atoms with Crippen molar-refractivity contribution in [3.63, 3.8) is 0 Å². The van der Waals surface area contributed by atoms with E-state index in [1.54, 1.807) is 6.07 Å². The molecule has 3 N–H and O–H groups in total. The van der Waals surface area contributed by atoms with Gasteiger partial charge in [-0.3, -0.25) is 13.7 Å². The van der Waals surface area contributed by atoms with E-state index in [4.69, 9.17) is 11.2 Å². The third kappa shape index (κ3) is 11.5. The molecule has 0 spiro atoms. The van der Waals surface area contributed by atoms with Crippen molar-refractivity contribution in [3.05, 3.63) is 124 Å². The molecule has 15 heteroatoms. The van der Waals surface area contributed by atoms with Crippen LogP contribution in [0.2, 0.25) is 0 Å². The van der Waals surface area contributed by atoms with Crippen molar-refractivity contribution in [3.8, 4) is 12.3 Å². The molecular weight excluding hydrogens is 933 g/mol. The molecule has 0 radical (unpaired) electrons. The van der Waals surface area contributed by atoms with Gasteiger partial charge in [0.2, 0.25) is 5.69 Å². The molecule has 12 nitrogen and oxygen atoms in total. The molecule has 1 atom stereocenters. The number of anilines is 1. The first-order valence-electron chi connectivity index (χ1n) is 23.7. The van der Waals surface area contributed by atoms with Gasteiger partial charge in [0.1, 0.15) is 13.2 Å². The van der Waals surface area contributed by atoms with Crippen LogP contribution in [0, 0.1) is 19.3 Å². The topological polar surface area (TPSA) is 179 Å². The maximum Gasteiger partial charge on any atom is 0.294 e. The van der Waals surface area contributed by atoms with E-state index in [-0.39, 0.29) is 35.5 Å². The second-order valence-electron chi connectivity index (χ2n) is 19.7. The summed E-state index contributed by atoms with van der Waals surface area (Å²) in [6.07, 6.45) is 19.9. The van der Waals surface area contributed by atoms with Crippen molar-refractivity contribution in [2.75, 3.05) is 36.1 Å². The number of terminal acetylenes is 1. The van der Waals surface area contributed by atoms with Crippen LogP contribution in [-0.2, 0) is 45.9 Å². The number of hydrogen-bond acceptors (Lipinski definition) is 8. The minimum absolute atomic E-state index is 0.149. The number of unbranched alkanes of at least 4 members (excludes halogenated alkanes) is 3. The van der Waals surface area contributed by atoms with Crippen LogP contribution in [0.3, 0.4) is 0 Å². The van der Waals surface area contributed by atoms with Gasteiger partial charge in [-0.2, -0.15) is 29.8 Å². The van der Waals surface area contributed by atoms with Gasteiger partial charge in [-0.1, -0.05) is 81.2 Å². The Bertz CT molecular complexity index is 3230.